The molecule has 10 nitrogen and oxygen atoms in total. The minimum atomic E-state index is -2.20. The molecule has 0 spiro atoms. The number of carboxylic acids is 1. The van der Waals surface area contributed by atoms with Gasteiger partial charge in [0.05, 0.1) is 18.2 Å². The zero-order chi connectivity index (χ0) is 35.3. The SMILES string of the molecule is O=C(NCc1ccc(-c2cccc([C@](O)(C(=O)O)c3ccccc3)c2)s1)c1ccc(CCNC[C@H](O)c2ccc(O)c3[nH]c(=O)ccc23)cc1. The summed E-state index contributed by atoms with van der Waals surface area (Å²) in [4.78, 5) is 41.2. The number of amides is 1. The molecule has 2 heterocycles. The number of phenolic OH excluding ortho intramolecular Hbond substituents is 1. The number of nitrogens with one attached hydrogen (secondary N) is 3. The third-order valence-electron chi connectivity index (χ3n) is 8.56. The second-order valence-electron chi connectivity index (χ2n) is 11.9. The van der Waals surface area contributed by atoms with Crippen LogP contribution in [0.2, 0.25) is 0 Å². The van der Waals surface area contributed by atoms with Gasteiger partial charge in [-0.25, -0.2) is 4.79 Å². The Morgan fingerprint density at radius 2 is 1.62 bits per heavy atom. The average molecular weight is 690 g/mol. The van der Waals surface area contributed by atoms with E-state index in [0.717, 1.165) is 20.9 Å². The molecule has 0 aliphatic rings. The fourth-order valence-corrected chi connectivity index (χ4v) is 6.79. The van der Waals surface area contributed by atoms with Gasteiger partial charge in [0.1, 0.15) is 5.75 Å². The quantitative estimate of drug-likeness (QED) is 0.0823. The lowest BCUT2D eigenvalue weighted by atomic mass is 9.85. The van der Waals surface area contributed by atoms with Crippen molar-refractivity contribution in [3.63, 3.8) is 0 Å². The molecule has 2 aromatic heterocycles. The summed E-state index contributed by atoms with van der Waals surface area (Å²) in [5.74, 6) is -1.64. The predicted octanol–water partition coefficient (Wildman–Crippen LogP) is 5.08. The van der Waals surface area contributed by atoms with Crippen LogP contribution in [0.1, 0.15) is 43.6 Å². The minimum absolute atomic E-state index is 0.0588. The van der Waals surface area contributed by atoms with Crippen molar-refractivity contribution in [3.05, 3.63) is 158 Å². The number of benzene rings is 4. The summed E-state index contributed by atoms with van der Waals surface area (Å²) >= 11 is 1.47. The van der Waals surface area contributed by atoms with Gasteiger partial charge in [0.2, 0.25) is 11.2 Å². The zero-order valence-electron chi connectivity index (χ0n) is 26.8. The number of thiophene rings is 1. The normalized spacial score (nSPS) is 13.1. The molecule has 0 radical (unpaired) electrons. The number of aliphatic carboxylic acids is 1. The molecule has 6 rings (SSSR count). The molecule has 0 saturated heterocycles. The predicted molar refractivity (Wildman–Crippen MR) is 192 cm³/mol. The van der Waals surface area contributed by atoms with Gasteiger partial charge in [-0.15, -0.1) is 11.3 Å². The van der Waals surface area contributed by atoms with E-state index in [1.54, 1.807) is 72.8 Å². The van der Waals surface area contributed by atoms with Crippen LogP contribution in [0.4, 0.5) is 0 Å². The fourth-order valence-electron chi connectivity index (χ4n) is 5.84. The molecule has 2 atom stereocenters. The third-order valence-corrected chi connectivity index (χ3v) is 9.70. The van der Waals surface area contributed by atoms with Gasteiger partial charge in [-0.05, 0) is 77.7 Å². The monoisotopic (exact) mass is 689 g/mol. The Kier molecular flexibility index (Phi) is 10.2. The minimum Gasteiger partial charge on any atom is -0.506 e. The van der Waals surface area contributed by atoms with E-state index < -0.39 is 17.7 Å². The molecule has 0 unspecified atom stereocenters. The average Bonchev–Trinajstić information content (AvgIpc) is 3.62. The van der Waals surface area contributed by atoms with Crippen LogP contribution in [0.15, 0.2) is 120 Å². The van der Waals surface area contributed by atoms with Crippen molar-refractivity contribution in [3.8, 4) is 16.2 Å². The Labute approximate surface area is 291 Å². The number of aromatic amines is 1. The van der Waals surface area contributed by atoms with Crippen LogP contribution >= 0.6 is 11.3 Å². The number of aromatic hydroxyl groups is 1. The van der Waals surface area contributed by atoms with Crippen LogP contribution in [-0.4, -0.2) is 50.4 Å². The molecule has 7 N–H and O–H groups in total. The number of rotatable bonds is 13. The van der Waals surface area contributed by atoms with Gasteiger partial charge < -0.3 is 36.0 Å². The number of carboxylic acid groups (broad SMARTS) is 1. The molecular weight excluding hydrogens is 655 g/mol. The first-order valence-electron chi connectivity index (χ1n) is 15.9. The van der Waals surface area contributed by atoms with Crippen LogP contribution in [0.3, 0.4) is 0 Å². The first-order chi connectivity index (χ1) is 24.1. The molecule has 0 saturated carbocycles. The van der Waals surface area contributed by atoms with E-state index in [1.165, 1.54) is 23.5 Å². The van der Waals surface area contributed by atoms with E-state index in [9.17, 15) is 34.8 Å². The molecule has 0 aliphatic heterocycles. The first-order valence-corrected chi connectivity index (χ1v) is 16.8. The Morgan fingerprint density at radius 3 is 2.38 bits per heavy atom. The number of aliphatic hydroxyl groups excluding tert-OH is 1. The van der Waals surface area contributed by atoms with Crippen LogP contribution in [0.5, 0.6) is 5.75 Å². The summed E-state index contributed by atoms with van der Waals surface area (Å²) in [5, 5.41) is 48.8. The van der Waals surface area contributed by atoms with Crippen molar-refractivity contribution < 1.29 is 30.0 Å². The number of phenols is 1. The highest BCUT2D eigenvalue weighted by Gasteiger charge is 2.40. The lowest BCUT2D eigenvalue weighted by Crippen LogP contribution is -2.36. The number of fused-ring (bicyclic) bond motifs is 1. The molecule has 1 amide bonds. The molecular formula is C39H35N3O7S. The van der Waals surface area contributed by atoms with Crippen molar-refractivity contribution in [2.24, 2.45) is 0 Å². The highest BCUT2D eigenvalue weighted by atomic mass is 32.1. The number of aliphatic hydroxyl groups is 2. The fraction of sp³-hybridized carbons (Fsp3) is 0.154. The van der Waals surface area contributed by atoms with Crippen LogP contribution in [0, 0.1) is 0 Å². The van der Waals surface area contributed by atoms with Gasteiger partial charge in [-0.1, -0.05) is 66.7 Å². The number of H-pyrrole nitrogens is 1. The lowest BCUT2D eigenvalue weighted by molar-refractivity contribution is -0.155. The third kappa shape index (κ3) is 7.36. The van der Waals surface area contributed by atoms with Gasteiger partial charge in [0.15, 0.2) is 0 Å². The van der Waals surface area contributed by atoms with Crippen molar-refractivity contribution >= 4 is 34.1 Å². The summed E-state index contributed by atoms with van der Waals surface area (Å²) < 4.78 is 0. The molecule has 6 aromatic rings. The Bertz CT molecular complexity index is 2200. The lowest BCUT2D eigenvalue weighted by Gasteiger charge is -2.25. The molecule has 254 valence electrons. The van der Waals surface area contributed by atoms with Gasteiger partial charge in [0.25, 0.3) is 5.91 Å². The largest absolute Gasteiger partial charge is 0.506 e. The number of hydrogen-bond acceptors (Lipinski definition) is 8. The van der Waals surface area contributed by atoms with Crippen molar-refractivity contribution in [2.75, 3.05) is 13.1 Å². The van der Waals surface area contributed by atoms with E-state index >= 15 is 0 Å². The maximum Gasteiger partial charge on any atom is 0.345 e. The highest BCUT2D eigenvalue weighted by Crippen LogP contribution is 2.35. The Hall–Kier alpha value is -5.59. The van der Waals surface area contributed by atoms with Gasteiger partial charge in [-0.3, -0.25) is 9.59 Å². The molecule has 4 aromatic carbocycles. The molecule has 0 bridgehead atoms. The van der Waals surface area contributed by atoms with E-state index in [-0.39, 0.29) is 40.4 Å². The topological polar surface area (TPSA) is 172 Å². The Morgan fingerprint density at radius 1 is 0.860 bits per heavy atom. The summed E-state index contributed by atoms with van der Waals surface area (Å²) in [6.07, 6.45) is -0.177. The van der Waals surface area contributed by atoms with Crippen molar-refractivity contribution in [1.82, 2.24) is 15.6 Å². The van der Waals surface area contributed by atoms with E-state index in [2.05, 4.69) is 15.6 Å². The molecule has 0 fully saturated rings. The summed E-state index contributed by atoms with van der Waals surface area (Å²) in [5.41, 5.74) is 1.15. The number of aromatic nitrogens is 1. The Balaban J connectivity index is 1.00. The summed E-state index contributed by atoms with van der Waals surface area (Å²) in [6.45, 7) is 1.17. The summed E-state index contributed by atoms with van der Waals surface area (Å²) in [6, 6.07) is 32.3. The van der Waals surface area contributed by atoms with Gasteiger partial charge >= 0.3 is 5.97 Å². The smallest absolute Gasteiger partial charge is 0.345 e. The highest BCUT2D eigenvalue weighted by molar-refractivity contribution is 7.15. The molecule has 50 heavy (non-hydrogen) atoms. The first kappa shape index (κ1) is 34.3. The van der Waals surface area contributed by atoms with Crippen LogP contribution in [-0.2, 0) is 23.4 Å². The zero-order valence-corrected chi connectivity index (χ0v) is 27.6. The maximum absolute atomic E-state index is 12.9. The van der Waals surface area contributed by atoms with Gasteiger partial charge in [-0.2, -0.15) is 0 Å². The standard InChI is InChI=1S/C39H35N3O7S/c43-32-16-14-30(31-15-18-35(45)42-36(31)32)33(44)23-40-20-19-24-9-11-25(12-10-24)37(46)41-22-29-13-17-34(50-29)26-5-4-8-28(21-26)39(49,38(47)48)27-6-2-1-3-7-27/h1-18,21,33,40,43-44,49H,19-20,22-23H2,(H,41,46)(H,42,45)(H,47,48)/t33-,39-/m0/s1. The van der Waals surface area contributed by atoms with Gasteiger partial charge in [0, 0.05) is 38.9 Å². The van der Waals surface area contributed by atoms with Crippen molar-refractivity contribution in [1.29, 1.82) is 0 Å². The number of carbonyl (C=O) groups is 2. The molecule has 11 heteroatoms. The number of pyridine rings is 1. The second kappa shape index (κ2) is 14.9. The van der Waals surface area contributed by atoms with E-state index in [4.69, 9.17) is 0 Å². The molecule has 0 aliphatic carbocycles. The van der Waals surface area contributed by atoms with E-state index in [0.29, 0.717) is 36.0 Å². The van der Waals surface area contributed by atoms with Crippen LogP contribution < -0.4 is 16.2 Å². The number of carbonyl (C=O) groups excluding carboxylic acids is 1. The summed E-state index contributed by atoms with van der Waals surface area (Å²) in [7, 11) is 0. The second-order valence-corrected chi connectivity index (χ2v) is 13.0. The number of hydrogen-bond donors (Lipinski definition) is 7. The van der Waals surface area contributed by atoms with Crippen molar-refractivity contribution in [2.45, 2.75) is 24.7 Å². The van der Waals surface area contributed by atoms with E-state index in [1.807, 2.05) is 30.3 Å². The maximum atomic E-state index is 12.9. The van der Waals surface area contributed by atoms with Crippen LogP contribution in [0.25, 0.3) is 21.3 Å².